The van der Waals surface area contributed by atoms with E-state index in [4.69, 9.17) is 10.5 Å². The molecule has 0 aliphatic rings. The van der Waals surface area contributed by atoms with Crippen LogP contribution in [0, 0.1) is 0 Å². The van der Waals surface area contributed by atoms with Gasteiger partial charge in [0, 0.05) is 11.6 Å². The van der Waals surface area contributed by atoms with Crippen LogP contribution in [-0.2, 0) is 0 Å². The van der Waals surface area contributed by atoms with E-state index in [9.17, 15) is 0 Å². The monoisotopic (exact) mass is 303 g/mol. The minimum atomic E-state index is 0.574. The fraction of sp³-hybridized carbons (Fsp3) is 0.143. The Hall–Kier alpha value is -1.92. The van der Waals surface area contributed by atoms with Gasteiger partial charge in [-0.15, -0.1) is 22.7 Å². The van der Waals surface area contributed by atoms with Crippen molar-refractivity contribution in [2.24, 2.45) is 0 Å². The Morgan fingerprint density at radius 3 is 2.90 bits per heavy atom. The molecule has 2 aromatic heterocycles. The maximum absolute atomic E-state index is 5.67. The normalized spacial score (nSPS) is 10.7. The Kier molecular flexibility index (Phi) is 3.66. The van der Waals surface area contributed by atoms with Crippen molar-refractivity contribution >= 4 is 27.8 Å². The molecule has 0 unspecified atom stereocenters. The highest BCUT2D eigenvalue weighted by Gasteiger charge is 2.12. The average Bonchev–Trinajstić information content (AvgIpc) is 3.08. The molecule has 0 saturated carbocycles. The highest BCUT2D eigenvalue weighted by atomic mass is 32.1. The minimum Gasteiger partial charge on any atom is -0.493 e. The first-order valence-electron chi connectivity index (χ1n) is 6.17. The Balaban J connectivity index is 1.98. The molecule has 3 aromatic rings. The third-order valence-corrected chi connectivity index (χ3v) is 4.42. The number of aromatic nitrogens is 2. The lowest BCUT2D eigenvalue weighted by atomic mass is 10.2. The molecule has 2 N–H and O–H groups in total. The summed E-state index contributed by atoms with van der Waals surface area (Å²) in [4.78, 5) is 9.77. The van der Waals surface area contributed by atoms with Gasteiger partial charge in [0.25, 0.3) is 0 Å². The molecule has 0 saturated heterocycles. The molecule has 0 radical (unpaired) electrons. The van der Waals surface area contributed by atoms with Gasteiger partial charge in [0.2, 0.25) is 0 Å². The molecule has 3 rings (SSSR count). The van der Waals surface area contributed by atoms with Gasteiger partial charge in [-0.1, -0.05) is 12.1 Å². The van der Waals surface area contributed by atoms with Gasteiger partial charge in [-0.3, -0.25) is 0 Å². The van der Waals surface area contributed by atoms with Gasteiger partial charge in [-0.05, 0) is 19.1 Å². The Morgan fingerprint density at radius 1 is 1.30 bits per heavy atom. The van der Waals surface area contributed by atoms with Crippen molar-refractivity contribution in [3.63, 3.8) is 0 Å². The molecular weight excluding hydrogens is 290 g/mol. The van der Waals surface area contributed by atoms with Crippen molar-refractivity contribution < 1.29 is 4.74 Å². The lowest BCUT2D eigenvalue weighted by Gasteiger charge is -2.06. The fourth-order valence-electron chi connectivity index (χ4n) is 1.84. The number of ether oxygens (including phenoxy) is 1. The van der Waals surface area contributed by atoms with Crippen molar-refractivity contribution in [3.8, 4) is 26.9 Å². The third kappa shape index (κ3) is 2.52. The van der Waals surface area contributed by atoms with Crippen molar-refractivity contribution in [1.82, 2.24) is 9.97 Å². The van der Waals surface area contributed by atoms with Gasteiger partial charge in [-0.2, -0.15) is 0 Å². The summed E-state index contributed by atoms with van der Waals surface area (Å²) < 4.78 is 5.64. The molecule has 1 aromatic carbocycles. The average molecular weight is 303 g/mol. The molecule has 0 bridgehead atoms. The molecule has 102 valence electrons. The van der Waals surface area contributed by atoms with Crippen LogP contribution >= 0.6 is 22.7 Å². The van der Waals surface area contributed by atoms with E-state index in [2.05, 4.69) is 9.97 Å². The largest absolute Gasteiger partial charge is 0.493 e. The lowest BCUT2D eigenvalue weighted by molar-refractivity contribution is 0.341. The zero-order chi connectivity index (χ0) is 13.9. The van der Waals surface area contributed by atoms with Gasteiger partial charge >= 0.3 is 0 Å². The lowest BCUT2D eigenvalue weighted by Crippen LogP contribution is -1.93. The van der Waals surface area contributed by atoms with Gasteiger partial charge in [0.1, 0.15) is 10.8 Å². The second-order valence-corrected chi connectivity index (χ2v) is 5.95. The van der Waals surface area contributed by atoms with Crippen LogP contribution in [0.4, 0.5) is 5.13 Å². The molecule has 2 heterocycles. The van der Waals surface area contributed by atoms with E-state index >= 15 is 0 Å². The van der Waals surface area contributed by atoms with E-state index in [1.165, 1.54) is 11.3 Å². The Labute approximate surface area is 124 Å². The van der Waals surface area contributed by atoms with Gasteiger partial charge < -0.3 is 10.5 Å². The van der Waals surface area contributed by atoms with Crippen LogP contribution < -0.4 is 10.5 Å². The summed E-state index contributed by atoms with van der Waals surface area (Å²) in [6.45, 7) is 2.61. The van der Waals surface area contributed by atoms with Crippen molar-refractivity contribution in [1.29, 1.82) is 0 Å². The first-order chi connectivity index (χ1) is 9.78. The summed E-state index contributed by atoms with van der Waals surface area (Å²) in [5.41, 5.74) is 7.56. The zero-order valence-electron chi connectivity index (χ0n) is 10.9. The van der Waals surface area contributed by atoms with Crippen LogP contribution in [-0.4, -0.2) is 16.6 Å². The number of thiazole rings is 2. The van der Waals surface area contributed by atoms with Crippen molar-refractivity contribution in [2.75, 3.05) is 12.3 Å². The quantitative estimate of drug-likeness (QED) is 0.793. The molecule has 0 aliphatic heterocycles. The molecule has 0 atom stereocenters. The standard InChI is InChI=1S/C14H13N3OS2/c1-2-18-11-6-4-3-5-9(11)13-16-7-12(20-13)10-8-19-14(15)17-10/h3-8H,2H2,1H3,(H2,15,17). The second-order valence-electron chi connectivity index (χ2n) is 4.03. The number of anilines is 1. The van der Waals surface area contributed by atoms with E-state index < -0.39 is 0 Å². The second kappa shape index (κ2) is 5.60. The first-order valence-corrected chi connectivity index (χ1v) is 7.87. The third-order valence-electron chi connectivity index (χ3n) is 2.70. The molecule has 20 heavy (non-hydrogen) atoms. The molecule has 6 heteroatoms. The van der Waals surface area contributed by atoms with Crippen molar-refractivity contribution in [2.45, 2.75) is 6.92 Å². The Morgan fingerprint density at radius 2 is 2.15 bits per heavy atom. The molecule has 0 fully saturated rings. The van der Waals surface area contributed by atoms with E-state index in [1.54, 1.807) is 11.3 Å². The van der Waals surface area contributed by atoms with Crippen LogP contribution in [0.5, 0.6) is 5.75 Å². The topological polar surface area (TPSA) is 61.0 Å². The summed E-state index contributed by atoms with van der Waals surface area (Å²) in [5, 5.41) is 3.45. The first kappa shape index (κ1) is 13.1. The molecule has 0 spiro atoms. The van der Waals surface area contributed by atoms with Crippen LogP contribution in [0.3, 0.4) is 0 Å². The predicted octanol–water partition coefficient (Wildman–Crippen LogP) is 3.91. The van der Waals surface area contributed by atoms with E-state index in [0.29, 0.717) is 11.7 Å². The van der Waals surface area contributed by atoms with Crippen LogP contribution in [0.1, 0.15) is 6.92 Å². The maximum Gasteiger partial charge on any atom is 0.180 e. The highest BCUT2D eigenvalue weighted by Crippen LogP contribution is 2.36. The SMILES string of the molecule is CCOc1ccccc1-c1ncc(-c2csc(N)n2)s1. The highest BCUT2D eigenvalue weighted by molar-refractivity contribution is 7.19. The molecule has 4 nitrogen and oxygen atoms in total. The zero-order valence-corrected chi connectivity index (χ0v) is 12.5. The number of hydrogen-bond donors (Lipinski definition) is 1. The van der Waals surface area contributed by atoms with Gasteiger partial charge in [0.05, 0.1) is 22.7 Å². The Bertz CT molecular complexity index is 721. The van der Waals surface area contributed by atoms with Crippen LogP contribution in [0.15, 0.2) is 35.8 Å². The van der Waals surface area contributed by atoms with Gasteiger partial charge in [0.15, 0.2) is 5.13 Å². The predicted molar refractivity (Wildman–Crippen MR) is 84.2 cm³/mol. The number of nitrogens with zero attached hydrogens (tertiary/aromatic N) is 2. The van der Waals surface area contributed by atoms with E-state index in [0.717, 1.165) is 26.9 Å². The number of benzene rings is 1. The molecule has 0 amide bonds. The number of nitrogens with two attached hydrogens (primary N) is 1. The molecule has 0 aliphatic carbocycles. The van der Waals surface area contributed by atoms with E-state index in [-0.39, 0.29) is 0 Å². The van der Waals surface area contributed by atoms with Gasteiger partial charge in [-0.25, -0.2) is 9.97 Å². The number of nitrogen functional groups attached to an aromatic ring is 1. The van der Waals surface area contributed by atoms with Crippen LogP contribution in [0.25, 0.3) is 21.1 Å². The number of rotatable bonds is 4. The summed E-state index contributed by atoms with van der Waals surface area (Å²) >= 11 is 3.03. The molecular formula is C14H13N3OS2. The van der Waals surface area contributed by atoms with E-state index in [1.807, 2.05) is 42.8 Å². The summed E-state index contributed by atoms with van der Waals surface area (Å²) in [6.07, 6.45) is 1.83. The summed E-state index contributed by atoms with van der Waals surface area (Å²) in [5.74, 6) is 0.855. The maximum atomic E-state index is 5.67. The summed E-state index contributed by atoms with van der Waals surface area (Å²) in [6, 6.07) is 7.92. The fourth-order valence-corrected chi connectivity index (χ4v) is 3.39. The van der Waals surface area contributed by atoms with Crippen LogP contribution in [0.2, 0.25) is 0 Å². The minimum absolute atomic E-state index is 0.574. The number of para-hydroxylation sites is 1. The van der Waals surface area contributed by atoms with Crippen molar-refractivity contribution in [3.05, 3.63) is 35.8 Å². The smallest absolute Gasteiger partial charge is 0.180 e. The summed E-state index contributed by atoms with van der Waals surface area (Å²) in [7, 11) is 0. The number of hydrogen-bond acceptors (Lipinski definition) is 6.